The van der Waals surface area contributed by atoms with Gasteiger partial charge in [0.1, 0.15) is 11.2 Å². The molecular formula is C62H54BN3O. The van der Waals surface area contributed by atoms with Crippen LogP contribution in [0.15, 0.2) is 168 Å². The molecule has 4 nitrogen and oxygen atoms in total. The highest BCUT2D eigenvalue weighted by atomic mass is 16.3. The maximum atomic E-state index is 6.64. The molecular weight excluding hydrogens is 814 g/mol. The second-order valence-electron chi connectivity index (χ2n) is 21.9. The van der Waals surface area contributed by atoms with Gasteiger partial charge in [0.2, 0.25) is 0 Å². The minimum absolute atomic E-state index is 0.00127. The molecule has 0 N–H and O–H groups in total. The number of hydrogen-bond acceptors (Lipinski definition) is 3. The van der Waals surface area contributed by atoms with Crippen LogP contribution >= 0.6 is 0 Å². The third-order valence-electron chi connectivity index (χ3n) is 15.3. The lowest BCUT2D eigenvalue weighted by atomic mass is 9.33. The van der Waals surface area contributed by atoms with Crippen molar-refractivity contribution in [3.05, 3.63) is 192 Å². The number of aromatic nitrogens is 1. The molecule has 0 saturated carbocycles. The normalized spacial score (nSPS) is 14.4. The van der Waals surface area contributed by atoms with Crippen molar-refractivity contribution in [1.82, 2.24) is 4.57 Å². The lowest BCUT2D eigenvalue weighted by Crippen LogP contribution is -2.60. The Morgan fingerprint density at radius 2 is 1.15 bits per heavy atom. The van der Waals surface area contributed by atoms with Crippen LogP contribution in [0.1, 0.15) is 83.2 Å². The number of nitrogens with zero attached hydrogens (tertiary/aromatic N) is 3. The molecule has 0 saturated heterocycles. The Morgan fingerprint density at radius 1 is 0.537 bits per heavy atom. The average Bonchev–Trinajstić information content (AvgIpc) is 3.95. The van der Waals surface area contributed by atoms with Gasteiger partial charge in [0, 0.05) is 61.4 Å². The molecule has 3 aliphatic rings. The summed E-state index contributed by atoms with van der Waals surface area (Å²) in [5.41, 5.74) is 24.4. The van der Waals surface area contributed by atoms with E-state index in [-0.39, 0.29) is 23.0 Å². The zero-order chi connectivity index (χ0) is 45.9. The smallest absolute Gasteiger partial charge is 0.252 e. The van der Waals surface area contributed by atoms with Gasteiger partial charge >= 0.3 is 0 Å². The Bertz CT molecular complexity index is 3650. The van der Waals surface area contributed by atoms with Crippen molar-refractivity contribution >= 4 is 90.1 Å². The molecule has 0 amide bonds. The van der Waals surface area contributed by atoms with Crippen molar-refractivity contribution in [3.63, 3.8) is 0 Å². The predicted molar refractivity (Wildman–Crippen MR) is 284 cm³/mol. The first kappa shape index (κ1) is 40.1. The largest absolute Gasteiger partial charge is 0.456 e. The highest BCUT2D eigenvalue weighted by molar-refractivity contribution is 7.00. The Kier molecular flexibility index (Phi) is 8.18. The van der Waals surface area contributed by atoms with Crippen LogP contribution < -0.4 is 26.2 Å². The molecule has 8 aromatic carbocycles. The van der Waals surface area contributed by atoms with E-state index in [1.54, 1.807) is 0 Å². The second kappa shape index (κ2) is 13.7. The van der Waals surface area contributed by atoms with E-state index < -0.39 is 0 Å². The Hall–Kier alpha value is -7.24. The summed E-state index contributed by atoms with van der Waals surface area (Å²) in [7, 11) is 0. The van der Waals surface area contributed by atoms with E-state index >= 15 is 0 Å². The van der Waals surface area contributed by atoms with Crippen LogP contribution in [0.2, 0.25) is 0 Å². The zero-order valence-electron chi connectivity index (χ0n) is 39.9. The number of aryl methyl sites for hydroxylation is 1. The van der Waals surface area contributed by atoms with Gasteiger partial charge in [-0.1, -0.05) is 152 Å². The summed E-state index contributed by atoms with van der Waals surface area (Å²) in [6.07, 6.45) is 0. The van der Waals surface area contributed by atoms with Crippen LogP contribution in [0.4, 0.5) is 34.1 Å². The van der Waals surface area contributed by atoms with Gasteiger partial charge in [0.15, 0.2) is 0 Å². The highest BCUT2D eigenvalue weighted by Crippen LogP contribution is 2.55. The maximum Gasteiger partial charge on any atom is 0.252 e. The molecule has 5 heteroatoms. The van der Waals surface area contributed by atoms with Crippen molar-refractivity contribution < 1.29 is 4.42 Å². The Labute approximate surface area is 394 Å². The zero-order valence-corrected chi connectivity index (χ0v) is 39.9. The Balaban J connectivity index is 1.12. The van der Waals surface area contributed by atoms with Crippen molar-refractivity contribution in [2.24, 2.45) is 0 Å². The van der Waals surface area contributed by atoms with E-state index in [9.17, 15) is 0 Å². The fourth-order valence-electron chi connectivity index (χ4n) is 12.1. The molecule has 13 rings (SSSR count). The molecule has 0 radical (unpaired) electrons. The number of fused-ring (bicyclic) bond motifs is 12. The molecule has 0 fully saturated rings. The van der Waals surface area contributed by atoms with Crippen LogP contribution in [0, 0.1) is 6.92 Å². The fraction of sp³-hybridized carbons (Fsp3) is 0.194. The third-order valence-corrected chi connectivity index (χ3v) is 15.3. The summed E-state index contributed by atoms with van der Waals surface area (Å²) in [5, 5.41) is 3.58. The minimum Gasteiger partial charge on any atom is -0.456 e. The number of furan rings is 1. The standard InChI is InChI=1S/C62H54BN3O/c1-37-34-51-57-52(35-37)66-58-45(56-59(66)43-16-10-12-19-46(43)62(56,8)9)18-14-20-48(58)63(57)47-33-32-42(36-50(47)65(51)49-21-15-23-54-55(49)44-17-11-13-22-53(44)67-54)64(40-28-24-38(25-29-40)60(2,3)4)41-30-26-39(27-31-41)61(5,6)7/h10-36H,1-9H3. The molecule has 4 heterocycles. The minimum atomic E-state index is -0.155. The number of para-hydroxylation sites is 2. The number of rotatable bonds is 4. The van der Waals surface area contributed by atoms with Gasteiger partial charge in [-0.05, 0) is 129 Å². The molecule has 10 aromatic rings. The summed E-state index contributed by atoms with van der Waals surface area (Å²) in [6.45, 7) is 20.8. The van der Waals surface area contributed by atoms with Crippen LogP contribution in [-0.4, -0.2) is 11.3 Å². The monoisotopic (exact) mass is 867 g/mol. The second-order valence-corrected chi connectivity index (χ2v) is 21.9. The molecule has 67 heavy (non-hydrogen) atoms. The quantitative estimate of drug-likeness (QED) is 0.165. The van der Waals surface area contributed by atoms with E-state index in [1.807, 2.05) is 0 Å². The molecule has 2 aliphatic heterocycles. The summed E-state index contributed by atoms with van der Waals surface area (Å²) >= 11 is 0. The van der Waals surface area contributed by atoms with E-state index in [1.165, 1.54) is 83.4 Å². The van der Waals surface area contributed by atoms with Crippen molar-refractivity contribution in [2.45, 2.75) is 78.6 Å². The molecule has 0 spiro atoms. The van der Waals surface area contributed by atoms with Crippen LogP contribution in [0.25, 0.3) is 49.8 Å². The third kappa shape index (κ3) is 5.61. The first-order valence-electron chi connectivity index (χ1n) is 24.0. The van der Waals surface area contributed by atoms with E-state index in [2.05, 4.69) is 240 Å². The van der Waals surface area contributed by atoms with Gasteiger partial charge in [-0.3, -0.25) is 0 Å². The topological polar surface area (TPSA) is 24.6 Å². The van der Waals surface area contributed by atoms with Crippen molar-refractivity contribution in [3.8, 4) is 16.9 Å². The fourth-order valence-corrected chi connectivity index (χ4v) is 12.1. The first-order valence-corrected chi connectivity index (χ1v) is 24.0. The Morgan fingerprint density at radius 3 is 1.87 bits per heavy atom. The summed E-state index contributed by atoms with van der Waals surface area (Å²) in [5.74, 6) is 0. The number of hydrogen-bond donors (Lipinski definition) is 0. The summed E-state index contributed by atoms with van der Waals surface area (Å²) < 4.78 is 9.29. The van der Waals surface area contributed by atoms with Gasteiger partial charge in [-0.25, -0.2) is 0 Å². The van der Waals surface area contributed by atoms with Gasteiger partial charge in [-0.15, -0.1) is 0 Å². The summed E-state index contributed by atoms with van der Waals surface area (Å²) in [6, 6.07) is 61.8. The number of anilines is 6. The van der Waals surface area contributed by atoms with E-state index in [0.717, 1.165) is 44.7 Å². The van der Waals surface area contributed by atoms with Crippen LogP contribution in [0.3, 0.4) is 0 Å². The van der Waals surface area contributed by atoms with Crippen LogP contribution in [0.5, 0.6) is 0 Å². The molecule has 0 atom stereocenters. The SMILES string of the molecule is Cc1cc2c3c(c1)-n1c4c(c5cccc(c51)B3c1ccc(N(c3ccc(C(C)(C)C)cc3)c3ccc(C(C)(C)C)cc3)cc1N2c1cccc2oc3ccccc3c12)C(C)(C)c1ccccc1-4. The van der Waals surface area contributed by atoms with Gasteiger partial charge in [-0.2, -0.15) is 0 Å². The molecule has 1 aliphatic carbocycles. The molecule has 326 valence electrons. The van der Waals surface area contributed by atoms with Gasteiger partial charge in [0.05, 0.1) is 16.8 Å². The molecule has 0 bridgehead atoms. The highest BCUT2D eigenvalue weighted by Gasteiger charge is 2.47. The maximum absolute atomic E-state index is 6.64. The van der Waals surface area contributed by atoms with Crippen molar-refractivity contribution in [2.75, 3.05) is 9.80 Å². The van der Waals surface area contributed by atoms with E-state index in [4.69, 9.17) is 4.42 Å². The summed E-state index contributed by atoms with van der Waals surface area (Å²) in [4.78, 5) is 5.01. The lowest BCUT2D eigenvalue weighted by Gasteiger charge is -2.41. The van der Waals surface area contributed by atoms with Gasteiger partial charge < -0.3 is 18.8 Å². The number of benzene rings is 8. The first-order chi connectivity index (χ1) is 32.2. The van der Waals surface area contributed by atoms with Crippen LogP contribution in [-0.2, 0) is 16.2 Å². The van der Waals surface area contributed by atoms with E-state index in [0.29, 0.717) is 0 Å². The predicted octanol–water partition coefficient (Wildman–Crippen LogP) is 14.8. The molecule has 0 unspecified atom stereocenters. The molecule has 2 aromatic heterocycles. The van der Waals surface area contributed by atoms with Crippen molar-refractivity contribution in [1.29, 1.82) is 0 Å². The average molecular weight is 868 g/mol. The van der Waals surface area contributed by atoms with Gasteiger partial charge in [0.25, 0.3) is 6.71 Å². The lowest BCUT2D eigenvalue weighted by molar-refractivity contribution is 0.590.